The van der Waals surface area contributed by atoms with E-state index in [2.05, 4.69) is 11.8 Å². The van der Waals surface area contributed by atoms with Crippen LogP contribution in [0.25, 0.3) is 0 Å². The van der Waals surface area contributed by atoms with Crippen molar-refractivity contribution in [3.63, 3.8) is 0 Å². The number of hydrogen-bond acceptors (Lipinski definition) is 6. The minimum Gasteiger partial charge on any atom is -0.394 e. The van der Waals surface area contributed by atoms with E-state index < -0.39 is 37.1 Å². The van der Waals surface area contributed by atoms with Crippen LogP contribution in [-0.2, 0) is 15.9 Å². The van der Waals surface area contributed by atoms with Crippen molar-refractivity contribution in [1.82, 2.24) is 0 Å². The number of aliphatic hydroxyl groups excluding tert-OH is 4. The first-order valence-electron chi connectivity index (χ1n) is 10.8. The van der Waals surface area contributed by atoms with E-state index in [1.54, 1.807) is 12.1 Å². The summed E-state index contributed by atoms with van der Waals surface area (Å²) in [5.74, 6) is 6.31. The van der Waals surface area contributed by atoms with E-state index in [1.165, 1.54) is 0 Å². The fourth-order valence-electron chi connectivity index (χ4n) is 4.07. The Labute approximate surface area is 192 Å². The molecular weight excluding hydrogens is 432 g/mol. The fraction of sp³-hybridized carbons (Fsp3) is 0.440. The molecule has 2 fully saturated rings. The predicted octanol–water partition coefficient (Wildman–Crippen LogP) is 1.98. The van der Waals surface area contributed by atoms with Crippen molar-refractivity contribution in [2.24, 2.45) is 0 Å². The molecule has 2 aromatic carbocycles. The third-order valence-corrected chi connectivity index (χ3v) is 6.31. The molecule has 2 aliphatic rings. The highest BCUT2D eigenvalue weighted by Crippen LogP contribution is 2.34. The number of ether oxygens (including phenoxy) is 2. The Hall–Kier alpha value is -1.95. The predicted molar refractivity (Wildman–Crippen MR) is 119 cm³/mol. The molecule has 0 unspecified atom stereocenters. The number of aliphatic hydroxyl groups is 4. The first-order chi connectivity index (χ1) is 15.5. The topological polar surface area (TPSA) is 99.4 Å². The van der Waals surface area contributed by atoms with Gasteiger partial charge in [-0.05, 0) is 54.2 Å². The molecule has 7 heteroatoms. The SMILES string of the molecule is OC[C@H]1O[C@@H](c2ccc(Cl)c(Cc3ccc(C#C[C@@H]4CCCO4)cc3)c2)[C@H](O)[C@@H](O)[C@@H]1O. The molecule has 0 radical (unpaired) electrons. The standard InChI is InChI=1S/C25H27ClO6/c26-20-10-8-17(25-24(30)23(29)22(28)21(14-27)32-25)13-18(20)12-16-5-3-15(4-6-16)7-9-19-2-1-11-31-19/h3-6,8,10,13,19,21-25,27-30H,1-2,11-12,14H2/t19-,21+,22+,23-,24+,25-/m0/s1. The van der Waals surface area contributed by atoms with E-state index in [9.17, 15) is 20.4 Å². The number of halogens is 1. The van der Waals surface area contributed by atoms with Crippen LogP contribution in [0.3, 0.4) is 0 Å². The monoisotopic (exact) mass is 458 g/mol. The van der Waals surface area contributed by atoms with Crippen LogP contribution in [-0.4, -0.2) is 64.2 Å². The summed E-state index contributed by atoms with van der Waals surface area (Å²) in [6.07, 6.45) is -3.37. The molecule has 6 atom stereocenters. The summed E-state index contributed by atoms with van der Waals surface area (Å²) in [5, 5.41) is 40.5. The van der Waals surface area contributed by atoms with E-state index in [0.717, 1.165) is 36.1 Å². The van der Waals surface area contributed by atoms with Crippen molar-refractivity contribution in [2.45, 2.75) is 55.9 Å². The zero-order valence-corrected chi connectivity index (χ0v) is 18.3. The molecule has 4 N–H and O–H groups in total. The second-order valence-corrected chi connectivity index (χ2v) is 8.65. The number of rotatable bonds is 4. The lowest BCUT2D eigenvalue weighted by Gasteiger charge is -2.40. The highest BCUT2D eigenvalue weighted by Gasteiger charge is 2.44. The molecule has 32 heavy (non-hydrogen) atoms. The molecule has 170 valence electrons. The molecule has 0 aliphatic carbocycles. The Kier molecular flexibility index (Phi) is 7.49. The Bertz CT molecular complexity index is 974. The maximum Gasteiger partial charge on any atom is 0.118 e. The van der Waals surface area contributed by atoms with E-state index in [0.29, 0.717) is 17.0 Å². The summed E-state index contributed by atoms with van der Waals surface area (Å²) in [6.45, 7) is 0.311. The van der Waals surface area contributed by atoms with Gasteiger partial charge in [0.05, 0.1) is 6.61 Å². The van der Waals surface area contributed by atoms with Gasteiger partial charge in [-0.25, -0.2) is 0 Å². The third-order valence-electron chi connectivity index (χ3n) is 5.95. The summed E-state index contributed by atoms with van der Waals surface area (Å²) in [6, 6.07) is 13.2. The lowest BCUT2D eigenvalue weighted by molar-refractivity contribution is -0.231. The first-order valence-corrected chi connectivity index (χ1v) is 11.1. The molecule has 0 bridgehead atoms. The minimum absolute atomic E-state index is 0.0265. The molecule has 2 aromatic rings. The van der Waals surface area contributed by atoms with Crippen molar-refractivity contribution in [3.05, 3.63) is 69.7 Å². The second-order valence-electron chi connectivity index (χ2n) is 8.25. The van der Waals surface area contributed by atoms with Crippen molar-refractivity contribution < 1.29 is 29.9 Å². The van der Waals surface area contributed by atoms with Crippen LogP contribution < -0.4 is 0 Å². The summed E-state index contributed by atoms with van der Waals surface area (Å²) >= 11 is 6.41. The summed E-state index contributed by atoms with van der Waals surface area (Å²) in [4.78, 5) is 0. The smallest absolute Gasteiger partial charge is 0.118 e. The molecule has 2 aliphatic heterocycles. The molecule has 0 amide bonds. The highest BCUT2D eigenvalue weighted by molar-refractivity contribution is 6.31. The quantitative estimate of drug-likeness (QED) is 0.523. The molecule has 0 spiro atoms. The maximum absolute atomic E-state index is 10.4. The van der Waals surface area contributed by atoms with Crippen molar-refractivity contribution in [1.29, 1.82) is 0 Å². The van der Waals surface area contributed by atoms with Crippen LogP contribution in [0.2, 0.25) is 5.02 Å². The lowest BCUT2D eigenvalue weighted by atomic mass is 9.90. The van der Waals surface area contributed by atoms with E-state index in [4.69, 9.17) is 21.1 Å². The Morgan fingerprint density at radius 1 is 1.00 bits per heavy atom. The van der Waals surface area contributed by atoms with Gasteiger partial charge in [0.1, 0.15) is 36.6 Å². The van der Waals surface area contributed by atoms with Gasteiger partial charge >= 0.3 is 0 Å². The largest absolute Gasteiger partial charge is 0.394 e. The van der Waals surface area contributed by atoms with Gasteiger partial charge < -0.3 is 29.9 Å². The number of benzene rings is 2. The van der Waals surface area contributed by atoms with Crippen LogP contribution in [0.4, 0.5) is 0 Å². The van der Waals surface area contributed by atoms with Gasteiger partial charge in [-0.15, -0.1) is 0 Å². The van der Waals surface area contributed by atoms with Gasteiger partial charge in [0.2, 0.25) is 0 Å². The van der Waals surface area contributed by atoms with Gasteiger partial charge in [-0.1, -0.05) is 47.7 Å². The van der Waals surface area contributed by atoms with Crippen molar-refractivity contribution in [3.8, 4) is 11.8 Å². The molecule has 2 heterocycles. The summed E-state index contributed by atoms with van der Waals surface area (Å²) in [5.41, 5.74) is 3.41. The van der Waals surface area contributed by atoms with Crippen molar-refractivity contribution in [2.75, 3.05) is 13.2 Å². The summed E-state index contributed by atoms with van der Waals surface area (Å²) < 4.78 is 11.2. The van der Waals surface area contributed by atoms with Gasteiger partial charge in [0.15, 0.2) is 0 Å². The highest BCUT2D eigenvalue weighted by atomic mass is 35.5. The zero-order chi connectivity index (χ0) is 22.7. The van der Waals surface area contributed by atoms with Crippen LogP contribution in [0.1, 0.15) is 41.2 Å². The average Bonchev–Trinajstić information content (AvgIpc) is 3.33. The summed E-state index contributed by atoms with van der Waals surface area (Å²) in [7, 11) is 0. The first kappa shape index (κ1) is 23.2. The van der Waals surface area contributed by atoms with Gasteiger partial charge in [-0.3, -0.25) is 0 Å². The van der Waals surface area contributed by atoms with Crippen LogP contribution >= 0.6 is 11.6 Å². The van der Waals surface area contributed by atoms with Gasteiger partial charge in [-0.2, -0.15) is 0 Å². The molecule has 6 nitrogen and oxygen atoms in total. The second kappa shape index (κ2) is 10.3. The van der Waals surface area contributed by atoms with Gasteiger partial charge in [0.25, 0.3) is 0 Å². The average molecular weight is 459 g/mol. The van der Waals surface area contributed by atoms with Crippen LogP contribution in [0.15, 0.2) is 42.5 Å². The van der Waals surface area contributed by atoms with E-state index in [1.807, 2.05) is 30.3 Å². The minimum atomic E-state index is -1.42. The fourth-order valence-corrected chi connectivity index (χ4v) is 4.25. The molecule has 0 saturated carbocycles. The Morgan fingerprint density at radius 2 is 1.78 bits per heavy atom. The maximum atomic E-state index is 10.4. The molecule has 4 rings (SSSR count). The van der Waals surface area contributed by atoms with E-state index >= 15 is 0 Å². The van der Waals surface area contributed by atoms with Crippen LogP contribution in [0, 0.1) is 11.8 Å². The molecule has 0 aromatic heterocycles. The van der Waals surface area contributed by atoms with Crippen molar-refractivity contribution >= 4 is 11.6 Å². The molecule has 2 saturated heterocycles. The lowest BCUT2D eigenvalue weighted by Crippen LogP contribution is -2.55. The normalized spacial score (nSPS) is 30.0. The van der Waals surface area contributed by atoms with Gasteiger partial charge in [0, 0.05) is 17.2 Å². The third kappa shape index (κ3) is 5.16. The Balaban J connectivity index is 1.49. The number of hydrogen-bond donors (Lipinski definition) is 4. The zero-order valence-electron chi connectivity index (χ0n) is 17.5. The van der Waals surface area contributed by atoms with Crippen LogP contribution in [0.5, 0.6) is 0 Å². The van der Waals surface area contributed by atoms with E-state index in [-0.39, 0.29) is 6.10 Å². The molecular formula is C25H27ClO6. The Morgan fingerprint density at radius 3 is 2.47 bits per heavy atom.